The molecule has 3 nitrogen and oxygen atoms in total. The average Bonchev–Trinajstić information content (AvgIpc) is 2.75. The molecule has 0 saturated carbocycles. The molecule has 0 N–H and O–H groups in total. The molecule has 0 fully saturated rings. The van der Waals surface area contributed by atoms with Crippen LogP contribution in [0, 0.1) is 0 Å². The summed E-state index contributed by atoms with van der Waals surface area (Å²) in [5.41, 5.74) is -0.210. The minimum Gasteiger partial charge on any atom is -0.334 e. The van der Waals surface area contributed by atoms with Crippen molar-refractivity contribution in [2.24, 2.45) is 7.05 Å². The third-order valence-corrected chi connectivity index (χ3v) is 3.13. The van der Waals surface area contributed by atoms with Crippen molar-refractivity contribution in [3.8, 4) is 0 Å². The van der Waals surface area contributed by atoms with Crippen LogP contribution in [0.1, 0.15) is 5.69 Å². The van der Waals surface area contributed by atoms with Gasteiger partial charge in [0.05, 0.1) is 17.4 Å². The van der Waals surface area contributed by atoms with Crippen LogP contribution in [0.3, 0.4) is 0 Å². The Morgan fingerprint density at radius 1 is 1.33 bits per heavy atom. The maximum atomic E-state index is 13.1. The number of halogens is 4. The molecule has 0 amide bonds. The molecule has 0 aliphatic heterocycles. The number of rotatable bonds is 3. The fourth-order valence-electron chi connectivity index (χ4n) is 2.00. The smallest absolute Gasteiger partial charge is 0.334 e. The van der Waals surface area contributed by atoms with Crippen molar-refractivity contribution in [2.45, 2.75) is 6.18 Å². The number of hydrogen-bond acceptors (Lipinski definition) is 2. The first-order valence-electron chi connectivity index (χ1n) is 5.84. The van der Waals surface area contributed by atoms with E-state index in [1.165, 1.54) is 12.4 Å². The summed E-state index contributed by atoms with van der Waals surface area (Å²) in [6.07, 6.45) is -1.28. The van der Waals surface area contributed by atoms with E-state index < -0.39 is 11.7 Å². The molecule has 0 radical (unpaired) electrons. The fraction of sp³-hybridized carbons (Fsp3) is 0.143. The van der Waals surface area contributed by atoms with Crippen LogP contribution in [0.15, 0.2) is 43.3 Å². The maximum Gasteiger partial charge on any atom is 0.417 e. The number of imidazole rings is 1. The molecule has 0 spiro atoms. The van der Waals surface area contributed by atoms with E-state index in [0.717, 1.165) is 12.2 Å². The Hall–Kier alpha value is -2.08. The molecule has 2 rings (SSSR count). The summed E-state index contributed by atoms with van der Waals surface area (Å²) < 4.78 is 40.9. The van der Waals surface area contributed by atoms with E-state index >= 15 is 0 Å². The van der Waals surface area contributed by atoms with Gasteiger partial charge in [0, 0.05) is 18.7 Å². The highest BCUT2D eigenvalue weighted by Crippen LogP contribution is 2.35. The minimum absolute atomic E-state index is 0.0281. The summed E-state index contributed by atoms with van der Waals surface area (Å²) in [4.78, 5) is 8.07. The Labute approximate surface area is 124 Å². The summed E-state index contributed by atoms with van der Waals surface area (Å²) in [7, 11) is 1.71. The number of fused-ring (bicyclic) bond motifs is 1. The van der Waals surface area contributed by atoms with Crippen LogP contribution < -0.4 is 0 Å². The van der Waals surface area contributed by atoms with Crippen molar-refractivity contribution in [3.63, 3.8) is 0 Å². The first-order chi connectivity index (χ1) is 9.79. The van der Waals surface area contributed by atoms with E-state index in [1.54, 1.807) is 11.6 Å². The van der Waals surface area contributed by atoms with Gasteiger partial charge in [0.1, 0.15) is 16.4 Å². The van der Waals surface area contributed by atoms with E-state index in [9.17, 15) is 13.2 Å². The van der Waals surface area contributed by atoms with E-state index in [-0.39, 0.29) is 16.4 Å². The highest BCUT2D eigenvalue weighted by molar-refractivity contribution is 6.30. The molecule has 2 aromatic heterocycles. The van der Waals surface area contributed by atoms with Crippen molar-refractivity contribution in [1.82, 2.24) is 14.5 Å². The molecule has 21 heavy (non-hydrogen) atoms. The first-order valence-corrected chi connectivity index (χ1v) is 6.21. The van der Waals surface area contributed by atoms with Gasteiger partial charge >= 0.3 is 6.18 Å². The van der Waals surface area contributed by atoms with Gasteiger partial charge < -0.3 is 4.57 Å². The Bertz CT molecular complexity index is 757. The summed E-state index contributed by atoms with van der Waals surface area (Å²) in [6, 6.07) is 1.54. The molecule has 0 aromatic carbocycles. The Morgan fingerprint density at radius 2 is 2.00 bits per heavy atom. The van der Waals surface area contributed by atoms with Crippen LogP contribution in [0.2, 0.25) is 5.15 Å². The number of allylic oxidation sites excluding steroid dienone is 4. The zero-order chi connectivity index (χ0) is 15.8. The SMILES string of the molecule is C=C/C(=C(\C=C)C(F)(F)F)c1nc(Cl)cc2c1ncn2C. The summed E-state index contributed by atoms with van der Waals surface area (Å²) in [5.74, 6) is 0. The largest absolute Gasteiger partial charge is 0.417 e. The fourth-order valence-corrected chi connectivity index (χ4v) is 2.19. The van der Waals surface area contributed by atoms with Gasteiger partial charge in [-0.15, -0.1) is 0 Å². The number of pyridine rings is 1. The quantitative estimate of drug-likeness (QED) is 0.624. The van der Waals surface area contributed by atoms with Crippen molar-refractivity contribution >= 4 is 28.2 Å². The van der Waals surface area contributed by atoms with Gasteiger partial charge in [-0.1, -0.05) is 36.9 Å². The van der Waals surface area contributed by atoms with Gasteiger partial charge in [-0.3, -0.25) is 0 Å². The zero-order valence-corrected chi connectivity index (χ0v) is 11.8. The molecule has 0 unspecified atom stereocenters. The Kier molecular flexibility index (Phi) is 3.91. The first kappa shape index (κ1) is 15.3. The van der Waals surface area contributed by atoms with Crippen LogP contribution in [-0.2, 0) is 7.05 Å². The molecule has 0 bridgehead atoms. The second-order valence-corrected chi connectivity index (χ2v) is 4.64. The molecule has 0 aliphatic rings. The highest BCUT2D eigenvalue weighted by Gasteiger charge is 2.34. The Morgan fingerprint density at radius 3 is 2.52 bits per heavy atom. The van der Waals surface area contributed by atoms with Crippen molar-refractivity contribution in [1.29, 1.82) is 0 Å². The van der Waals surface area contributed by atoms with E-state index in [4.69, 9.17) is 11.6 Å². The van der Waals surface area contributed by atoms with Gasteiger partial charge in [-0.05, 0) is 0 Å². The lowest BCUT2D eigenvalue weighted by Crippen LogP contribution is -2.12. The minimum atomic E-state index is -4.57. The lowest BCUT2D eigenvalue weighted by atomic mass is 10.0. The van der Waals surface area contributed by atoms with Gasteiger partial charge in [0.25, 0.3) is 0 Å². The van der Waals surface area contributed by atoms with Gasteiger partial charge in [-0.25, -0.2) is 9.97 Å². The molecular weight excluding hydrogens is 303 g/mol. The van der Waals surface area contributed by atoms with Crippen LogP contribution in [0.25, 0.3) is 16.6 Å². The number of aryl methyl sites for hydroxylation is 1. The zero-order valence-electron chi connectivity index (χ0n) is 11.1. The molecule has 0 aliphatic carbocycles. The predicted octanol–water partition coefficient (Wildman–Crippen LogP) is 4.31. The second kappa shape index (κ2) is 5.37. The van der Waals surface area contributed by atoms with Crippen LogP contribution in [-0.4, -0.2) is 20.7 Å². The van der Waals surface area contributed by atoms with Crippen molar-refractivity contribution in [3.05, 3.63) is 54.1 Å². The molecule has 110 valence electrons. The van der Waals surface area contributed by atoms with Crippen LogP contribution in [0.4, 0.5) is 13.2 Å². The summed E-state index contributed by atoms with van der Waals surface area (Å²) in [5, 5.41) is 0.0750. The van der Waals surface area contributed by atoms with Gasteiger partial charge in [-0.2, -0.15) is 13.2 Å². The highest BCUT2D eigenvalue weighted by atomic mass is 35.5. The summed E-state index contributed by atoms with van der Waals surface area (Å²) in [6.45, 7) is 6.66. The van der Waals surface area contributed by atoms with Gasteiger partial charge in [0.15, 0.2) is 0 Å². The third-order valence-electron chi connectivity index (χ3n) is 2.94. The standard InChI is InChI=1S/C14H11ClF3N3/c1-4-8(9(5-2)14(16,17)18)12-13-10(6-11(15)20-12)21(3)7-19-13/h4-7H,1-2H2,3H3/b9-8-. The number of alkyl halides is 3. The number of nitrogens with zero attached hydrogens (tertiary/aromatic N) is 3. The molecule has 7 heteroatoms. The normalized spacial score (nSPS) is 13.2. The van der Waals surface area contributed by atoms with E-state index in [0.29, 0.717) is 11.0 Å². The predicted molar refractivity (Wildman–Crippen MR) is 76.9 cm³/mol. The molecule has 2 heterocycles. The lowest BCUT2D eigenvalue weighted by molar-refractivity contribution is -0.0875. The molecule has 0 atom stereocenters. The lowest BCUT2D eigenvalue weighted by Gasteiger charge is -2.13. The molecule has 2 aromatic rings. The van der Waals surface area contributed by atoms with Gasteiger partial charge in [0.2, 0.25) is 0 Å². The maximum absolute atomic E-state index is 13.1. The van der Waals surface area contributed by atoms with Crippen LogP contribution >= 0.6 is 11.6 Å². The summed E-state index contributed by atoms with van der Waals surface area (Å²) >= 11 is 5.90. The molecular formula is C14H11ClF3N3. The van der Waals surface area contributed by atoms with E-state index in [2.05, 4.69) is 23.1 Å². The van der Waals surface area contributed by atoms with Crippen molar-refractivity contribution < 1.29 is 13.2 Å². The average molecular weight is 314 g/mol. The number of hydrogen-bond donors (Lipinski definition) is 0. The number of aromatic nitrogens is 3. The Balaban J connectivity index is 2.89. The monoisotopic (exact) mass is 313 g/mol. The van der Waals surface area contributed by atoms with Crippen LogP contribution in [0.5, 0.6) is 0 Å². The van der Waals surface area contributed by atoms with E-state index in [1.807, 2.05) is 0 Å². The third kappa shape index (κ3) is 2.71. The second-order valence-electron chi connectivity index (χ2n) is 4.25. The van der Waals surface area contributed by atoms with Crippen molar-refractivity contribution in [2.75, 3.05) is 0 Å². The topological polar surface area (TPSA) is 30.7 Å². The molecule has 0 saturated heterocycles.